The number of aryl methyl sites for hydroxylation is 1. The molecule has 0 radical (unpaired) electrons. The van der Waals surface area contributed by atoms with Crippen molar-refractivity contribution in [2.45, 2.75) is 45.7 Å². The molecule has 1 saturated heterocycles. The summed E-state index contributed by atoms with van der Waals surface area (Å²) in [7, 11) is 0. The molecule has 2 aromatic carbocycles. The van der Waals surface area contributed by atoms with Crippen LogP contribution in [0, 0.1) is 6.92 Å². The van der Waals surface area contributed by atoms with Gasteiger partial charge in [-0.2, -0.15) is 0 Å². The Labute approximate surface area is 155 Å². The van der Waals surface area contributed by atoms with E-state index in [1.807, 2.05) is 29.2 Å². The Balaban J connectivity index is 1.63. The van der Waals surface area contributed by atoms with E-state index in [-0.39, 0.29) is 17.9 Å². The highest BCUT2D eigenvalue weighted by atomic mass is 16.2. The first-order valence-corrected chi connectivity index (χ1v) is 9.31. The van der Waals surface area contributed by atoms with Crippen LogP contribution in [0.5, 0.6) is 0 Å². The van der Waals surface area contributed by atoms with Gasteiger partial charge in [-0.1, -0.05) is 48.9 Å². The fraction of sp³-hybridized carbons (Fsp3) is 0.364. The minimum absolute atomic E-state index is 0.00463. The van der Waals surface area contributed by atoms with Gasteiger partial charge in [-0.15, -0.1) is 0 Å². The number of benzene rings is 2. The van der Waals surface area contributed by atoms with Crippen LogP contribution in [0.2, 0.25) is 0 Å². The first-order chi connectivity index (χ1) is 12.6. The van der Waals surface area contributed by atoms with Crippen LogP contribution in [0.3, 0.4) is 0 Å². The maximum absolute atomic E-state index is 12.6. The third-order valence-electron chi connectivity index (χ3n) is 4.95. The molecule has 26 heavy (non-hydrogen) atoms. The molecule has 1 atom stereocenters. The lowest BCUT2D eigenvalue weighted by atomic mass is 10.0. The zero-order valence-corrected chi connectivity index (χ0v) is 15.5. The summed E-state index contributed by atoms with van der Waals surface area (Å²) >= 11 is 0. The predicted molar refractivity (Wildman–Crippen MR) is 103 cm³/mol. The van der Waals surface area contributed by atoms with Crippen molar-refractivity contribution in [3.05, 3.63) is 70.8 Å². The highest BCUT2D eigenvalue weighted by Crippen LogP contribution is 2.19. The number of hydrogen-bond acceptors (Lipinski definition) is 2. The molecular formula is C22H26N2O2. The van der Waals surface area contributed by atoms with Crippen molar-refractivity contribution in [3.63, 3.8) is 0 Å². The van der Waals surface area contributed by atoms with E-state index in [9.17, 15) is 9.59 Å². The second-order valence-electron chi connectivity index (χ2n) is 6.96. The van der Waals surface area contributed by atoms with E-state index in [1.54, 1.807) is 0 Å². The first kappa shape index (κ1) is 18.2. The van der Waals surface area contributed by atoms with Crippen LogP contribution >= 0.6 is 0 Å². The molecule has 1 heterocycles. The maximum atomic E-state index is 12.6. The van der Waals surface area contributed by atoms with Crippen LogP contribution in [-0.4, -0.2) is 23.3 Å². The predicted octanol–water partition coefficient (Wildman–Crippen LogP) is 4.00. The standard InChI is InChI=1S/C22H26N2O2/c1-3-20(18-10-6-16(2)7-11-18)23-22(26)19-12-8-17(9-13-19)15-24-14-4-5-21(24)25/h6-13,20H,3-5,14-15H2,1-2H3,(H,23,26)/t20-/m1/s1. The van der Waals surface area contributed by atoms with Gasteiger partial charge in [0.05, 0.1) is 6.04 Å². The smallest absolute Gasteiger partial charge is 0.251 e. The van der Waals surface area contributed by atoms with Crippen molar-refractivity contribution < 1.29 is 9.59 Å². The number of nitrogens with zero attached hydrogens (tertiary/aromatic N) is 1. The Morgan fingerprint density at radius 3 is 2.38 bits per heavy atom. The van der Waals surface area contributed by atoms with Gasteiger partial charge in [0.15, 0.2) is 0 Å². The molecule has 0 bridgehead atoms. The minimum Gasteiger partial charge on any atom is -0.345 e. The molecule has 3 rings (SSSR count). The highest BCUT2D eigenvalue weighted by Gasteiger charge is 2.20. The van der Waals surface area contributed by atoms with Gasteiger partial charge in [0.25, 0.3) is 5.91 Å². The molecule has 0 unspecified atom stereocenters. The molecule has 136 valence electrons. The van der Waals surface area contributed by atoms with Crippen LogP contribution in [-0.2, 0) is 11.3 Å². The number of hydrogen-bond donors (Lipinski definition) is 1. The van der Waals surface area contributed by atoms with Crippen molar-refractivity contribution in [1.82, 2.24) is 10.2 Å². The van der Waals surface area contributed by atoms with Crippen molar-refractivity contribution in [1.29, 1.82) is 0 Å². The maximum Gasteiger partial charge on any atom is 0.251 e. The summed E-state index contributed by atoms with van der Waals surface area (Å²) in [4.78, 5) is 26.2. The molecule has 1 aliphatic rings. The van der Waals surface area contributed by atoms with Crippen LogP contribution in [0.4, 0.5) is 0 Å². The number of rotatable bonds is 6. The Bertz CT molecular complexity index is 766. The lowest BCUT2D eigenvalue weighted by Gasteiger charge is -2.18. The van der Waals surface area contributed by atoms with Crippen molar-refractivity contribution >= 4 is 11.8 Å². The Hall–Kier alpha value is -2.62. The summed E-state index contributed by atoms with van der Waals surface area (Å²) in [5, 5.41) is 3.11. The molecule has 0 spiro atoms. The SMILES string of the molecule is CC[C@@H](NC(=O)c1ccc(CN2CCCC2=O)cc1)c1ccc(C)cc1. The van der Waals surface area contributed by atoms with Gasteiger partial charge >= 0.3 is 0 Å². The second-order valence-corrected chi connectivity index (χ2v) is 6.96. The average Bonchev–Trinajstić information content (AvgIpc) is 3.05. The average molecular weight is 350 g/mol. The fourth-order valence-electron chi connectivity index (χ4n) is 3.31. The quantitative estimate of drug-likeness (QED) is 0.856. The zero-order chi connectivity index (χ0) is 18.5. The highest BCUT2D eigenvalue weighted by molar-refractivity contribution is 5.94. The van der Waals surface area contributed by atoms with Gasteiger partial charge in [-0.05, 0) is 43.0 Å². The Kier molecular flexibility index (Phi) is 5.71. The van der Waals surface area contributed by atoms with Crippen LogP contribution in [0.1, 0.15) is 59.3 Å². The number of carbonyl (C=O) groups excluding carboxylic acids is 2. The molecule has 4 nitrogen and oxygen atoms in total. The van der Waals surface area contributed by atoms with E-state index in [0.29, 0.717) is 18.5 Å². The number of likely N-dealkylation sites (tertiary alicyclic amines) is 1. The molecular weight excluding hydrogens is 324 g/mol. The molecule has 0 aliphatic carbocycles. The molecule has 0 saturated carbocycles. The third kappa shape index (κ3) is 4.31. The van der Waals surface area contributed by atoms with Crippen molar-refractivity contribution in [2.24, 2.45) is 0 Å². The monoisotopic (exact) mass is 350 g/mol. The number of nitrogens with one attached hydrogen (secondary N) is 1. The van der Waals surface area contributed by atoms with Crippen LogP contribution < -0.4 is 5.32 Å². The Morgan fingerprint density at radius 1 is 1.12 bits per heavy atom. The van der Waals surface area contributed by atoms with Crippen LogP contribution in [0.25, 0.3) is 0 Å². The van der Waals surface area contributed by atoms with Crippen molar-refractivity contribution in [3.8, 4) is 0 Å². The van der Waals surface area contributed by atoms with Gasteiger partial charge in [0.1, 0.15) is 0 Å². The lowest BCUT2D eigenvalue weighted by molar-refractivity contribution is -0.128. The third-order valence-corrected chi connectivity index (χ3v) is 4.95. The van der Waals surface area contributed by atoms with Gasteiger partial charge in [-0.25, -0.2) is 0 Å². The summed E-state index contributed by atoms with van der Waals surface area (Å²) in [6.07, 6.45) is 2.43. The fourth-order valence-corrected chi connectivity index (χ4v) is 3.31. The number of carbonyl (C=O) groups is 2. The molecule has 4 heteroatoms. The second kappa shape index (κ2) is 8.17. The molecule has 0 aromatic heterocycles. The number of amides is 2. The van der Waals surface area contributed by atoms with E-state index in [4.69, 9.17) is 0 Å². The van der Waals surface area contributed by atoms with E-state index in [2.05, 4.69) is 43.4 Å². The zero-order valence-electron chi connectivity index (χ0n) is 15.5. The summed E-state index contributed by atoms with van der Waals surface area (Å²) in [6, 6.07) is 15.8. The van der Waals surface area contributed by atoms with E-state index in [1.165, 1.54) is 5.56 Å². The van der Waals surface area contributed by atoms with Crippen molar-refractivity contribution in [2.75, 3.05) is 6.54 Å². The van der Waals surface area contributed by atoms with Gasteiger partial charge < -0.3 is 10.2 Å². The normalized spacial score (nSPS) is 15.2. The molecule has 1 N–H and O–H groups in total. The Morgan fingerprint density at radius 2 is 1.81 bits per heavy atom. The summed E-state index contributed by atoms with van der Waals surface area (Å²) in [6.45, 7) is 5.58. The molecule has 1 aliphatic heterocycles. The minimum atomic E-state index is -0.0683. The van der Waals surface area contributed by atoms with Gasteiger partial charge in [0, 0.05) is 25.1 Å². The summed E-state index contributed by atoms with van der Waals surface area (Å²) in [5.41, 5.74) is 4.03. The van der Waals surface area contributed by atoms with Gasteiger partial charge in [0.2, 0.25) is 5.91 Å². The topological polar surface area (TPSA) is 49.4 Å². The molecule has 1 fully saturated rings. The summed E-state index contributed by atoms with van der Waals surface area (Å²) < 4.78 is 0. The first-order valence-electron chi connectivity index (χ1n) is 9.31. The van der Waals surface area contributed by atoms with Crippen LogP contribution in [0.15, 0.2) is 48.5 Å². The van der Waals surface area contributed by atoms with E-state index in [0.717, 1.165) is 30.5 Å². The summed E-state index contributed by atoms with van der Waals surface area (Å²) in [5.74, 6) is 0.150. The molecule has 2 aromatic rings. The van der Waals surface area contributed by atoms with Gasteiger partial charge in [-0.3, -0.25) is 9.59 Å². The van der Waals surface area contributed by atoms with E-state index >= 15 is 0 Å². The largest absolute Gasteiger partial charge is 0.345 e. The van der Waals surface area contributed by atoms with E-state index < -0.39 is 0 Å². The lowest BCUT2D eigenvalue weighted by Crippen LogP contribution is -2.28. The molecule has 2 amide bonds.